The van der Waals surface area contributed by atoms with Crippen molar-refractivity contribution >= 4 is 17.8 Å². The van der Waals surface area contributed by atoms with Gasteiger partial charge in [0.2, 0.25) is 11.8 Å². The molecule has 6 heteroatoms. The zero-order chi connectivity index (χ0) is 13.8. The van der Waals surface area contributed by atoms with Crippen LogP contribution in [0.4, 0.5) is 0 Å². The number of carbonyl (C=O) groups is 3. The summed E-state index contributed by atoms with van der Waals surface area (Å²) >= 11 is 0. The molecule has 0 rings (SSSR count). The number of hydrazine groups is 1. The van der Waals surface area contributed by atoms with E-state index in [0.29, 0.717) is 6.42 Å². The van der Waals surface area contributed by atoms with E-state index in [4.69, 9.17) is 0 Å². The molecule has 0 atom stereocenters. The van der Waals surface area contributed by atoms with Crippen LogP contribution in [0.5, 0.6) is 0 Å². The molecule has 0 spiro atoms. The Morgan fingerprint density at radius 2 is 1.78 bits per heavy atom. The first-order valence-electron chi connectivity index (χ1n) is 5.52. The fourth-order valence-corrected chi connectivity index (χ4v) is 0.950. The van der Waals surface area contributed by atoms with Crippen molar-refractivity contribution in [3.05, 3.63) is 24.3 Å². The number of rotatable bonds is 6. The van der Waals surface area contributed by atoms with Crippen LogP contribution in [-0.2, 0) is 19.1 Å². The van der Waals surface area contributed by atoms with Crippen molar-refractivity contribution in [2.45, 2.75) is 26.2 Å². The summed E-state index contributed by atoms with van der Waals surface area (Å²) in [5.74, 6) is -1.59. The molecule has 0 saturated heterocycles. The van der Waals surface area contributed by atoms with Gasteiger partial charge in [-0.15, -0.1) is 0 Å². The van der Waals surface area contributed by atoms with E-state index in [1.54, 1.807) is 0 Å². The Kier molecular flexibility index (Phi) is 8.89. The lowest BCUT2D eigenvalue weighted by Crippen LogP contribution is -2.42. The van der Waals surface area contributed by atoms with Crippen molar-refractivity contribution < 1.29 is 19.1 Å². The maximum absolute atomic E-state index is 11.2. The molecule has 0 aliphatic rings. The van der Waals surface area contributed by atoms with Gasteiger partial charge in [0.1, 0.15) is 6.42 Å². The molecule has 0 aromatic heterocycles. The lowest BCUT2D eigenvalue weighted by molar-refractivity contribution is -0.144. The van der Waals surface area contributed by atoms with Crippen LogP contribution >= 0.6 is 0 Å². The van der Waals surface area contributed by atoms with Gasteiger partial charge in [0, 0.05) is 6.42 Å². The van der Waals surface area contributed by atoms with Crippen LogP contribution in [0.1, 0.15) is 26.2 Å². The number of nitrogens with one attached hydrogen (secondary N) is 2. The average molecular weight is 254 g/mol. The van der Waals surface area contributed by atoms with Crippen molar-refractivity contribution in [1.29, 1.82) is 0 Å². The first kappa shape index (κ1) is 15.9. The van der Waals surface area contributed by atoms with Gasteiger partial charge in [0.05, 0.1) is 7.11 Å². The number of hydrogen-bond acceptors (Lipinski definition) is 4. The Hall–Kier alpha value is -2.11. The Morgan fingerprint density at radius 1 is 1.11 bits per heavy atom. The fourth-order valence-electron chi connectivity index (χ4n) is 0.950. The highest BCUT2D eigenvalue weighted by Crippen LogP contribution is 1.91. The fraction of sp³-hybridized carbons (Fsp3) is 0.417. The number of hydrogen-bond donors (Lipinski definition) is 2. The van der Waals surface area contributed by atoms with E-state index in [1.807, 2.05) is 31.2 Å². The summed E-state index contributed by atoms with van der Waals surface area (Å²) in [4.78, 5) is 33.1. The summed E-state index contributed by atoms with van der Waals surface area (Å²) in [6.45, 7) is 1.90. The number of methoxy groups -OCH3 is 1. The van der Waals surface area contributed by atoms with E-state index < -0.39 is 18.3 Å². The third kappa shape index (κ3) is 9.14. The Labute approximate surface area is 106 Å². The minimum absolute atomic E-state index is 0.257. The van der Waals surface area contributed by atoms with Crippen molar-refractivity contribution in [3.63, 3.8) is 0 Å². The van der Waals surface area contributed by atoms with E-state index in [9.17, 15) is 14.4 Å². The molecular formula is C12H18N2O4. The first-order valence-corrected chi connectivity index (χ1v) is 5.52. The number of esters is 1. The van der Waals surface area contributed by atoms with Crippen LogP contribution < -0.4 is 10.9 Å². The molecule has 2 amide bonds. The summed E-state index contributed by atoms with van der Waals surface area (Å²) < 4.78 is 4.30. The van der Waals surface area contributed by atoms with Gasteiger partial charge < -0.3 is 4.74 Å². The largest absolute Gasteiger partial charge is 0.469 e. The van der Waals surface area contributed by atoms with Gasteiger partial charge in [0.25, 0.3) is 0 Å². The minimum Gasteiger partial charge on any atom is -0.469 e. The highest BCUT2D eigenvalue weighted by molar-refractivity contribution is 5.94. The van der Waals surface area contributed by atoms with Crippen LogP contribution in [-0.4, -0.2) is 24.9 Å². The predicted molar refractivity (Wildman–Crippen MR) is 66.1 cm³/mol. The number of amides is 2. The third-order valence-electron chi connectivity index (χ3n) is 1.85. The van der Waals surface area contributed by atoms with Gasteiger partial charge in [-0.05, 0) is 13.3 Å². The molecule has 0 fully saturated rings. The Balaban J connectivity index is 3.70. The number of allylic oxidation sites excluding steroid dienone is 4. The highest BCUT2D eigenvalue weighted by atomic mass is 16.5. The molecule has 0 aliphatic heterocycles. The summed E-state index contributed by atoms with van der Waals surface area (Å²) in [5, 5.41) is 0. The third-order valence-corrected chi connectivity index (χ3v) is 1.85. The average Bonchev–Trinajstić information content (AvgIpc) is 2.36. The van der Waals surface area contributed by atoms with E-state index in [1.165, 1.54) is 7.11 Å². The van der Waals surface area contributed by atoms with Crippen molar-refractivity contribution in [3.8, 4) is 0 Å². The minimum atomic E-state index is -0.656. The molecule has 0 radical (unpaired) electrons. The molecule has 100 valence electrons. The van der Waals surface area contributed by atoms with E-state index in [-0.39, 0.29) is 12.3 Å². The second kappa shape index (κ2) is 10.1. The molecule has 0 heterocycles. The monoisotopic (exact) mass is 254 g/mol. The van der Waals surface area contributed by atoms with Gasteiger partial charge >= 0.3 is 5.97 Å². The lowest BCUT2D eigenvalue weighted by Gasteiger charge is -2.05. The maximum atomic E-state index is 11.2. The van der Waals surface area contributed by atoms with Gasteiger partial charge in [-0.1, -0.05) is 24.3 Å². The molecule has 18 heavy (non-hydrogen) atoms. The van der Waals surface area contributed by atoms with Crippen molar-refractivity contribution in [1.82, 2.24) is 10.9 Å². The maximum Gasteiger partial charge on any atom is 0.315 e. The summed E-state index contributed by atoms with van der Waals surface area (Å²) in [6.07, 6.45) is 7.83. The van der Waals surface area contributed by atoms with E-state index >= 15 is 0 Å². The molecule has 0 aliphatic carbocycles. The highest BCUT2D eigenvalue weighted by Gasteiger charge is 2.09. The molecule has 2 N–H and O–H groups in total. The van der Waals surface area contributed by atoms with E-state index in [2.05, 4.69) is 15.6 Å². The summed E-state index contributed by atoms with van der Waals surface area (Å²) in [5.41, 5.74) is 4.33. The topological polar surface area (TPSA) is 84.5 Å². The van der Waals surface area contributed by atoms with Crippen LogP contribution in [0.3, 0.4) is 0 Å². The zero-order valence-corrected chi connectivity index (χ0v) is 10.6. The SMILES string of the molecule is CC=CC=CCCC(=O)NNC(=O)CC(=O)OC. The number of carbonyl (C=O) groups excluding carboxylic acids is 3. The van der Waals surface area contributed by atoms with Crippen LogP contribution in [0, 0.1) is 0 Å². The summed E-state index contributed by atoms with van der Waals surface area (Å²) in [6, 6.07) is 0. The van der Waals surface area contributed by atoms with E-state index in [0.717, 1.165) is 0 Å². The molecule has 6 nitrogen and oxygen atoms in total. The molecule has 0 unspecified atom stereocenters. The van der Waals surface area contributed by atoms with Crippen molar-refractivity contribution in [2.24, 2.45) is 0 Å². The standard InChI is InChI=1S/C12H18N2O4/c1-3-4-5-6-7-8-10(15)13-14-11(16)9-12(17)18-2/h3-6H,7-9H2,1-2H3,(H,13,15)(H,14,16). The molecular weight excluding hydrogens is 236 g/mol. The lowest BCUT2D eigenvalue weighted by atomic mass is 10.3. The second-order valence-electron chi connectivity index (χ2n) is 3.34. The van der Waals surface area contributed by atoms with Crippen LogP contribution in [0.15, 0.2) is 24.3 Å². The molecule has 0 aromatic rings. The van der Waals surface area contributed by atoms with Gasteiger partial charge in [-0.2, -0.15) is 0 Å². The Morgan fingerprint density at radius 3 is 2.39 bits per heavy atom. The van der Waals surface area contributed by atoms with Crippen molar-refractivity contribution in [2.75, 3.05) is 7.11 Å². The van der Waals surface area contributed by atoms with Gasteiger partial charge in [0.15, 0.2) is 0 Å². The predicted octanol–water partition coefficient (Wildman–Crippen LogP) is 0.609. The first-order chi connectivity index (χ1) is 8.60. The quantitative estimate of drug-likeness (QED) is 0.315. The molecule has 0 saturated carbocycles. The number of ether oxygens (including phenoxy) is 1. The molecule has 0 aromatic carbocycles. The van der Waals surface area contributed by atoms with Gasteiger partial charge in [-0.25, -0.2) is 0 Å². The molecule has 0 bridgehead atoms. The van der Waals surface area contributed by atoms with Crippen LogP contribution in [0.25, 0.3) is 0 Å². The smallest absolute Gasteiger partial charge is 0.315 e. The Bertz CT molecular complexity index is 348. The zero-order valence-electron chi connectivity index (χ0n) is 10.6. The second-order valence-corrected chi connectivity index (χ2v) is 3.34. The van der Waals surface area contributed by atoms with Gasteiger partial charge in [-0.3, -0.25) is 25.2 Å². The normalized spacial score (nSPS) is 10.6. The van der Waals surface area contributed by atoms with Crippen LogP contribution in [0.2, 0.25) is 0 Å². The summed E-state index contributed by atoms with van der Waals surface area (Å²) in [7, 11) is 1.19.